The molecule has 0 radical (unpaired) electrons. The second kappa shape index (κ2) is 9.66. The number of hydrogen-bond donors (Lipinski definition) is 1. The van der Waals surface area contributed by atoms with E-state index in [1.807, 2.05) is 0 Å². The van der Waals surface area contributed by atoms with Crippen molar-refractivity contribution >= 4 is 29.6 Å². The fourth-order valence-corrected chi connectivity index (χ4v) is 2.92. The van der Waals surface area contributed by atoms with Gasteiger partial charge in [0, 0.05) is 11.8 Å². The lowest BCUT2D eigenvalue weighted by atomic mass is 10.1. The Morgan fingerprint density at radius 1 is 0.903 bits per heavy atom. The lowest BCUT2D eigenvalue weighted by Gasteiger charge is -2.20. The summed E-state index contributed by atoms with van der Waals surface area (Å²) in [6, 6.07) is 7.57. The van der Waals surface area contributed by atoms with E-state index in [2.05, 4.69) is 14.8 Å². The molecule has 1 aliphatic heterocycles. The average Bonchev–Trinajstić information content (AvgIpc) is 2.80. The van der Waals surface area contributed by atoms with Crippen LogP contribution in [0.3, 0.4) is 0 Å². The molecule has 9 nitrogen and oxygen atoms in total. The Morgan fingerprint density at radius 2 is 1.55 bits per heavy atom. The van der Waals surface area contributed by atoms with Crippen molar-refractivity contribution in [3.05, 3.63) is 53.1 Å². The van der Waals surface area contributed by atoms with Crippen molar-refractivity contribution in [2.24, 2.45) is 0 Å². The predicted molar refractivity (Wildman–Crippen MR) is 111 cm³/mol. The topological polar surface area (TPSA) is 109 Å². The van der Waals surface area contributed by atoms with Gasteiger partial charge in [-0.05, 0) is 42.0 Å². The third-order valence-corrected chi connectivity index (χ3v) is 4.32. The summed E-state index contributed by atoms with van der Waals surface area (Å²) in [4.78, 5) is 36.1. The van der Waals surface area contributed by atoms with Gasteiger partial charge in [-0.15, -0.1) is 0 Å². The molecule has 2 aromatic rings. The van der Waals surface area contributed by atoms with Gasteiger partial charge in [-0.25, -0.2) is 9.59 Å². The van der Waals surface area contributed by atoms with Crippen LogP contribution in [0.1, 0.15) is 26.3 Å². The maximum absolute atomic E-state index is 12.4. The standard InChI is InChI=1S/C22H21NO8/c1-27-17-8-13(9-18-20(17)31-7-6-30-18)4-5-19(24)23-16-11-14(21(25)28-2)10-15(12-16)22(26)29-3/h4-5,8-12H,6-7H2,1-3H3,(H,23,24)/b5-4-. The first kappa shape index (κ1) is 21.7. The number of ether oxygens (including phenoxy) is 5. The second-order valence-electron chi connectivity index (χ2n) is 6.35. The summed E-state index contributed by atoms with van der Waals surface area (Å²) in [5, 5.41) is 2.61. The van der Waals surface area contributed by atoms with Crippen LogP contribution >= 0.6 is 0 Å². The van der Waals surface area contributed by atoms with E-state index in [1.54, 1.807) is 18.2 Å². The molecule has 1 aliphatic rings. The van der Waals surface area contributed by atoms with Gasteiger partial charge in [0.05, 0.1) is 32.5 Å². The molecule has 1 heterocycles. The number of benzene rings is 2. The Morgan fingerprint density at radius 3 is 2.16 bits per heavy atom. The lowest BCUT2D eigenvalue weighted by Crippen LogP contribution is -2.16. The zero-order valence-corrected chi connectivity index (χ0v) is 17.2. The van der Waals surface area contributed by atoms with Gasteiger partial charge < -0.3 is 29.0 Å². The Kier molecular flexibility index (Phi) is 6.76. The zero-order valence-electron chi connectivity index (χ0n) is 17.2. The van der Waals surface area contributed by atoms with Crippen LogP contribution in [0.25, 0.3) is 6.08 Å². The molecular weight excluding hydrogens is 406 g/mol. The van der Waals surface area contributed by atoms with E-state index in [4.69, 9.17) is 14.2 Å². The Hall–Kier alpha value is -4.01. The molecule has 0 spiro atoms. The summed E-state index contributed by atoms with van der Waals surface area (Å²) in [5.74, 6) is -0.248. The number of carbonyl (C=O) groups is 3. The van der Waals surface area contributed by atoms with Crippen LogP contribution in [0.5, 0.6) is 17.2 Å². The van der Waals surface area contributed by atoms with Gasteiger partial charge in [-0.2, -0.15) is 0 Å². The van der Waals surface area contributed by atoms with E-state index in [0.717, 1.165) is 0 Å². The number of rotatable bonds is 6. The van der Waals surface area contributed by atoms with Crippen LogP contribution in [-0.2, 0) is 14.3 Å². The number of fused-ring (bicyclic) bond motifs is 1. The number of amides is 1. The minimum absolute atomic E-state index is 0.0984. The molecule has 0 atom stereocenters. The lowest BCUT2D eigenvalue weighted by molar-refractivity contribution is -0.111. The summed E-state index contributed by atoms with van der Waals surface area (Å²) in [7, 11) is 3.95. The minimum Gasteiger partial charge on any atom is -0.493 e. The number of esters is 2. The molecule has 0 saturated heterocycles. The van der Waals surface area contributed by atoms with Crippen molar-refractivity contribution in [2.75, 3.05) is 39.9 Å². The molecule has 162 valence electrons. The summed E-state index contributed by atoms with van der Waals surface area (Å²) in [5.41, 5.74) is 1.09. The van der Waals surface area contributed by atoms with Crippen molar-refractivity contribution in [3.8, 4) is 17.2 Å². The minimum atomic E-state index is -0.653. The first-order valence-corrected chi connectivity index (χ1v) is 9.23. The summed E-state index contributed by atoms with van der Waals surface area (Å²) in [6.07, 6.45) is 2.87. The molecule has 31 heavy (non-hydrogen) atoms. The molecule has 0 bridgehead atoms. The van der Waals surface area contributed by atoms with Crippen LogP contribution in [0.15, 0.2) is 36.4 Å². The van der Waals surface area contributed by atoms with E-state index < -0.39 is 17.8 Å². The number of methoxy groups -OCH3 is 3. The van der Waals surface area contributed by atoms with Crippen LogP contribution in [0.2, 0.25) is 0 Å². The molecule has 9 heteroatoms. The molecule has 1 amide bonds. The van der Waals surface area contributed by atoms with E-state index in [1.165, 1.54) is 45.6 Å². The molecule has 0 aliphatic carbocycles. The molecule has 3 rings (SSSR count). The zero-order chi connectivity index (χ0) is 22.4. The van der Waals surface area contributed by atoms with Gasteiger partial charge in [-0.1, -0.05) is 0 Å². The average molecular weight is 427 g/mol. The maximum Gasteiger partial charge on any atom is 0.337 e. The number of carbonyl (C=O) groups excluding carboxylic acids is 3. The largest absolute Gasteiger partial charge is 0.493 e. The highest BCUT2D eigenvalue weighted by molar-refractivity contribution is 6.04. The molecule has 0 unspecified atom stereocenters. The Balaban J connectivity index is 1.81. The van der Waals surface area contributed by atoms with Crippen molar-refractivity contribution in [2.45, 2.75) is 0 Å². The third kappa shape index (κ3) is 5.13. The van der Waals surface area contributed by atoms with Gasteiger partial charge in [-0.3, -0.25) is 4.79 Å². The molecule has 0 aromatic heterocycles. The predicted octanol–water partition coefficient (Wildman–Crippen LogP) is 2.69. The van der Waals surface area contributed by atoms with Crippen LogP contribution in [0, 0.1) is 0 Å². The number of anilines is 1. The van der Waals surface area contributed by atoms with Crippen molar-refractivity contribution in [1.82, 2.24) is 0 Å². The van der Waals surface area contributed by atoms with Gasteiger partial charge >= 0.3 is 11.9 Å². The van der Waals surface area contributed by atoms with E-state index >= 15 is 0 Å². The van der Waals surface area contributed by atoms with E-state index in [-0.39, 0.29) is 16.8 Å². The Bertz CT molecular complexity index is 993. The van der Waals surface area contributed by atoms with Crippen LogP contribution < -0.4 is 19.5 Å². The molecule has 1 N–H and O–H groups in total. The molecule has 0 fully saturated rings. The molecule has 0 saturated carbocycles. The SMILES string of the molecule is COC(=O)c1cc(NC(=O)/C=C\c2cc(OC)c3c(c2)OCCO3)cc(C(=O)OC)c1. The number of hydrogen-bond acceptors (Lipinski definition) is 8. The monoisotopic (exact) mass is 427 g/mol. The van der Waals surface area contributed by atoms with Crippen LogP contribution in [0.4, 0.5) is 5.69 Å². The highest BCUT2D eigenvalue weighted by Crippen LogP contribution is 2.40. The third-order valence-electron chi connectivity index (χ3n) is 4.32. The Labute approximate surface area is 178 Å². The van der Waals surface area contributed by atoms with Crippen molar-refractivity contribution in [3.63, 3.8) is 0 Å². The highest BCUT2D eigenvalue weighted by atomic mass is 16.6. The van der Waals surface area contributed by atoms with Gasteiger partial charge in [0.25, 0.3) is 0 Å². The van der Waals surface area contributed by atoms with Gasteiger partial charge in [0.1, 0.15) is 13.2 Å². The van der Waals surface area contributed by atoms with E-state index in [0.29, 0.717) is 36.0 Å². The van der Waals surface area contributed by atoms with E-state index in [9.17, 15) is 14.4 Å². The first-order chi connectivity index (χ1) is 14.9. The van der Waals surface area contributed by atoms with Crippen molar-refractivity contribution < 1.29 is 38.1 Å². The summed E-state index contributed by atoms with van der Waals surface area (Å²) in [6.45, 7) is 0.849. The second-order valence-corrected chi connectivity index (χ2v) is 6.35. The first-order valence-electron chi connectivity index (χ1n) is 9.23. The van der Waals surface area contributed by atoms with Crippen molar-refractivity contribution in [1.29, 1.82) is 0 Å². The van der Waals surface area contributed by atoms with Gasteiger partial charge in [0.15, 0.2) is 11.5 Å². The summed E-state index contributed by atoms with van der Waals surface area (Å²) < 4.78 is 25.8. The fraction of sp³-hybridized carbons (Fsp3) is 0.227. The molecule has 2 aromatic carbocycles. The smallest absolute Gasteiger partial charge is 0.337 e. The fourth-order valence-electron chi connectivity index (χ4n) is 2.92. The molecular formula is C22H21NO8. The maximum atomic E-state index is 12.4. The normalized spacial score (nSPS) is 12.2. The quantitative estimate of drug-likeness (QED) is 0.554. The van der Waals surface area contributed by atoms with Crippen LogP contribution in [-0.4, -0.2) is 52.4 Å². The summed E-state index contributed by atoms with van der Waals surface area (Å²) >= 11 is 0. The van der Waals surface area contributed by atoms with Gasteiger partial charge in [0.2, 0.25) is 11.7 Å². The number of nitrogens with one attached hydrogen (secondary N) is 1. The highest BCUT2D eigenvalue weighted by Gasteiger charge is 2.18.